The fourth-order valence-corrected chi connectivity index (χ4v) is 2.52. The van der Waals surface area contributed by atoms with Crippen LogP contribution in [0.5, 0.6) is 0 Å². The van der Waals surface area contributed by atoms with Crippen molar-refractivity contribution in [2.45, 2.75) is 46.7 Å². The van der Waals surface area contributed by atoms with E-state index < -0.39 is 0 Å². The minimum Gasteiger partial charge on any atom is -0.312 e. The van der Waals surface area contributed by atoms with E-state index in [0.717, 1.165) is 6.54 Å². The predicted octanol–water partition coefficient (Wildman–Crippen LogP) is 3.54. The molecule has 108 valence electrons. The third-order valence-electron chi connectivity index (χ3n) is 4.28. The van der Waals surface area contributed by atoms with Gasteiger partial charge in [0.25, 0.3) is 0 Å². The molecule has 2 heteroatoms. The van der Waals surface area contributed by atoms with Crippen molar-refractivity contribution in [3.63, 3.8) is 0 Å². The van der Waals surface area contributed by atoms with Crippen molar-refractivity contribution in [2.24, 2.45) is 5.92 Å². The fraction of sp³-hybridized carbons (Fsp3) is 0.647. The number of aryl methyl sites for hydroxylation is 2. The number of likely N-dealkylation sites (N-methyl/N-ethyl adjacent to an activating group) is 2. The van der Waals surface area contributed by atoms with Gasteiger partial charge in [-0.25, -0.2) is 0 Å². The lowest BCUT2D eigenvalue weighted by Crippen LogP contribution is -2.39. The van der Waals surface area contributed by atoms with E-state index in [1.165, 1.54) is 16.7 Å². The highest BCUT2D eigenvalue weighted by atomic mass is 15.1. The second-order valence-electron chi connectivity index (χ2n) is 6.13. The Bertz CT molecular complexity index is 398. The number of nitrogens with zero attached hydrogens (tertiary/aromatic N) is 1. The topological polar surface area (TPSA) is 15.3 Å². The lowest BCUT2D eigenvalue weighted by atomic mass is 9.97. The maximum absolute atomic E-state index is 3.46. The van der Waals surface area contributed by atoms with Crippen LogP contribution in [-0.2, 0) is 0 Å². The molecular weight excluding hydrogens is 232 g/mol. The van der Waals surface area contributed by atoms with Crippen molar-refractivity contribution in [3.05, 3.63) is 34.9 Å². The first-order chi connectivity index (χ1) is 8.86. The van der Waals surface area contributed by atoms with E-state index >= 15 is 0 Å². The van der Waals surface area contributed by atoms with Crippen LogP contribution in [0.1, 0.15) is 43.5 Å². The normalized spacial score (nSPS) is 15.0. The standard InChI is InChI=1S/C17H30N2/c1-12(2)15(5)19(7)11-17(18-6)16-9-8-13(3)10-14(16)4/h8-10,12,15,17-18H,11H2,1-7H3. The van der Waals surface area contributed by atoms with Gasteiger partial charge in [-0.1, -0.05) is 37.6 Å². The van der Waals surface area contributed by atoms with Crippen molar-refractivity contribution in [1.82, 2.24) is 10.2 Å². The van der Waals surface area contributed by atoms with Crippen LogP contribution < -0.4 is 5.32 Å². The van der Waals surface area contributed by atoms with Crippen LogP contribution >= 0.6 is 0 Å². The maximum Gasteiger partial charge on any atom is 0.0449 e. The van der Waals surface area contributed by atoms with E-state index in [2.05, 4.69) is 77.1 Å². The smallest absolute Gasteiger partial charge is 0.0449 e. The molecule has 0 heterocycles. The quantitative estimate of drug-likeness (QED) is 0.843. The van der Waals surface area contributed by atoms with Gasteiger partial charge in [0.1, 0.15) is 0 Å². The summed E-state index contributed by atoms with van der Waals surface area (Å²) >= 11 is 0. The van der Waals surface area contributed by atoms with E-state index in [9.17, 15) is 0 Å². The molecule has 0 fully saturated rings. The summed E-state index contributed by atoms with van der Waals surface area (Å²) in [6, 6.07) is 7.73. The molecule has 2 atom stereocenters. The van der Waals surface area contributed by atoms with Gasteiger partial charge >= 0.3 is 0 Å². The highest BCUT2D eigenvalue weighted by Gasteiger charge is 2.19. The molecule has 0 spiro atoms. The van der Waals surface area contributed by atoms with Gasteiger partial charge < -0.3 is 10.2 Å². The van der Waals surface area contributed by atoms with Gasteiger partial charge in [-0.2, -0.15) is 0 Å². The average Bonchev–Trinajstić information content (AvgIpc) is 2.35. The van der Waals surface area contributed by atoms with Gasteiger partial charge in [-0.15, -0.1) is 0 Å². The highest BCUT2D eigenvalue weighted by molar-refractivity contribution is 5.33. The first-order valence-corrected chi connectivity index (χ1v) is 7.31. The molecule has 1 N–H and O–H groups in total. The van der Waals surface area contributed by atoms with Crippen LogP contribution in [-0.4, -0.2) is 31.6 Å². The summed E-state index contributed by atoms with van der Waals surface area (Å²) in [7, 11) is 4.27. The summed E-state index contributed by atoms with van der Waals surface area (Å²) in [5.41, 5.74) is 4.13. The summed E-state index contributed by atoms with van der Waals surface area (Å²) < 4.78 is 0. The van der Waals surface area contributed by atoms with Crippen molar-refractivity contribution < 1.29 is 0 Å². The van der Waals surface area contributed by atoms with Gasteiger partial charge in [0.05, 0.1) is 0 Å². The molecule has 0 amide bonds. The fourth-order valence-electron chi connectivity index (χ4n) is 2.52. The van der Waals surface area contributed by atoms with Crippen molar-refractivity contribution in [2.75, 3.05) is 20.6 Å². The Morgan fingerprint density at radius 2 is 1.79 bits per heavy atom. The number of hydrogen-bond donors (Lipinski definition) is 1. The minimum atomic E-state index is 0.395. The minimum absolute atomic E-state index is 0.395. The van der Waals surface area contributed by atoms with Crippen LogP contribution in [0.2, 0.25) is 0 Å². The molecule has 0 aliphatic rings. The van der Waals surface area contributed by atoms with Crippen LogP contribution in [0.15, 0.2) is 18.2 Å². The van der Waals surface area contributed by atoms with Crippen molar-refractivity contribution in [3.8, 4) is 0 Å². The molecule has 0 saturated heterocycles. The van der Waals surface area contributed by atoms with E-state index in [0.29, 0.717) is 18.0 Å². The second-order valence-corrected chi connectivity index (χ2v) is 6.13. The Labute approximate surface area is 119 Å². The van der Waals surface area contributed by atoms with E-state index in [4.69, 9.17) is 0 Å². The van der Waals surface area contributed by atoms with Crippen LogP contribution in [0.4, 0.5) is 0 Å². The summed E-state index contributed by atoms with van der Waals surface area (Å²) in [5.74, 6) is 0.682. The van der Waals surface area contributed by atoms with E-state index in [1.54, 1.807) is 0 Å². The summed E-state index contributed by atoms with van der Waals surface area (Å²) in [6.45, 7) is 12.3. The largest absolute Gasteiger partial charge is 0.312 e. The van der Waals surface area contributed by atoms with Crippen LogP contribution in [0.3, 0.4) is 0 Å². The molecular formula is C17H30N2. The summed E-state index contributed by atoms with van der Waals surface area (Å²) in [4.78, 5) is 2.45. The van der Waals surface area contributed by atoms with E-state index in [1.807, 2.05) is 0 Å². The molecule has 1 aromatic rings. The molecule has 0 aromatic heterocycles. The molecule has 2 nitrogen and oxygen atoms in total. The monoisotopic (exact) mass is 262 g/mol. The Morgan fingerprint density at radius 3 is 2.26 bits per heavy atom. The van der Waals surface area contributed by atoms with Crippen molar-refractivity contribution >= 4 is 0 Å². The van der Waals surface area contributed by atoms with Gasteiger partial charge in [0.15, 0.2) is 0 Å². The van der Waals surface area contributed by atoms with Crippen molar-refractivity contribution in [1.29, 1.82) is 0 Å². The van der Waals surface area contributed by atoms with Crippen LogP contribution in [0.25, 0.3) is 0 Å². The zero-order valence-electron chi connectivity index (χ0n) is 13.6. The zero-order chi connectivity index (χ0) is 14.6. The first kappa shape index (κ1) is 16.2. The molecule has 1 aromatic carbocycles. The Balaban J connectivity index is 2.83. The highest BCUT2D eigenvalue weighted by Crippen LogP contribution is 2.21. The number of benzene rings is 1. The second kappa shape index (κ2) is 7.06. The molecule has 2 unspecified atom stereocenters. The predicted molar refractivity (Wildman–Crippen MR) is 84.6 cm³/mol. The number of hydrogen-bond acceptors (Lipinski definition) is 2. The Kier molecular flexibility index (Phi) is 6.02. The van der Waals surface area contributed by atoms with Gasteiger partial charge in [-0.3, -0.25) is 0 Å². The van der Waals surface area contributed by atoms with Crippen LogP contribution in [0, 0.1) is 19.8 Å². The molecule has 0 saturated carbocycles. The Morgan fingerprint density at radius 1 is 1.16 bits per heavy atom. The summed E-state index contributed by atoms with van der Waals surface area (Å²) in [6.07, 6.45) is 0. The van der Waals surface area contributed by atoms with Gasteiger partial charge in [0.2, 0.25) is 0 Å². The average molecular weight is 262 g/mol. The maximum atomic E-state index is 3.46. The molecule has 0 aliphatic carbocycles. The molecule has 0 aliphatic heterocycles. The lowest BCUT2D eigenvalue weighted by molar-refractivity contribution is 0.190. The van der Waals surface area contributed by atoms with Gasteiger partial charge in [-0.05, 0) is 51.9 Å². The van der Waals surface area contributed by atoms with E-state index in [-0.39, 0.29) is 0 Å². The zero-order valence-corrected chi connectivity index (χ0v) is 13.6. The molecule has 19 heavy (non-hydrogen) atoms. The summed E-state index contributed by atoms with van der Waals surface area (Å²) in [5, 5.41) is 3.46. The molecule has 1 rings (SSSR count). The molecule has 0 radical (unpaired) electrons. The lowest BCUT2D eigenvalue weighted by Gasteiger charge is -2.32. The third kappa shape index (κ3) is 4.32. The number of rotatable bonds is 6. The molecule has 0 bridgehead atoms. The third-order valence-corrected chi connectivity index (χ3v) is 4.28. The Hall–Kier alpha value is -0.860. The number of nitrogens with one attached hydrogen (secondary N) is 1. The SMILES string of the molecule is CNC(CN(C)C(C)C(C)C)c1ccc(C)cc1C. The first-order valence-electron chi connectivity index (χ1n) is 7.31. The van der Waals surface area contributed by atoms with Gasteiger partial charge in [0, 0.05) is 18.6 Å².